The minimum Gasteiger partial charge on any atom is -0.480 e. The maximum absolute atomic E-state index is 12.1. The normalized spacial score (nSPS) is 16.1. The van der Waals surface area contributed by atoms with Crippen LogP contribution in [0.25, 0.3) is 0 Å². The molecule has 0 fully saturated rings. The molecular weight excluding hydrogens is 236 g/mol. The van der Waals surface area contributed by atoms with Crippen LogP contribution in [-0.2, 0) is 22.0 Å². The lowest BCUT2D eigenvalue weighted by atomic mass is 10.1. The van der Waals surface area contributed by atoms with E-state index in [2.05, 4.69) is 0 Å². The van der Waals surface area contributed by atoms with E-state index in [1.807, 2.05) is 44.2 Å². The summed E-state index contributed by atoms with van der Waals surface area (Å²) in [7, 11) is -1.33. The third-order valence-electron chi connectivity index (χ3n) is 2.79. The molecule has 0 spiro atoms. The van der Waals surface area contributed by atoms with Gasteiger partial charge < -0.3 is 5.11 Å². The number of carbonyl (C=O) groups is 1. The van der Waals surface area contributed by atoms with Gasteiger partial charge in [0, 0.05) is 16.0 Å². The number of benzene rings is 1. The molecule has 4 heteroatoms. The third kappa shape index (κ3) is 3.97. The number of hydrogen-bond donors (Lipinski definition) is 1. The molecule has 0 aliphatic rings. The van der Waals surface area contributed by atoms with Crippen molar-refractivity contribution in [3.63, 3.8) is 0 Å². The average molecular weight is 254 g/mol. The molecule has 0 amide bonds. The molecule has 0 aliphatic heterocycles. The molecule has 3 nitrogen and oxygen atoms in total. The van der Waals surface area contributed by atoms with Crippen LogP contribution in [0.3, 0.4) is 0 Å². The molecule has 0 aromatic heterocycles. The molecule has 94 valence electrons. The minimum atomic E-state index is -1.33. The van der Waals surface area contributed by atoms with Crippen LogP contribution < -0.4 is 0 Å². The van der Waals surface area contributed by atoms with Gasteiger partial charge in [0.05, 0.1) is 0 Å². The van der Waals surface area contributed by atoms with Crippen LogP contribution in [0.4, 0.5) is 0 Å². The summed E-state index contributed by atoms with van der Waals surface area (Å²) in [6, 6.07) is 9.33. The van der Waals surface area contributed by atoms with E-state index in [9.17, 15) is 9.00 Å². The molecule has 17 heavy (non-hydrogen) atoms. The Morgan fingerprint density at radius 1 is 1.35 bits per heavy atom. The van der Waals surface area contributed by atoms with Crippen molar-refractivity contribution in [3.05, 3.63) is 35.9 Å². The van der Waals surface area contributed by atoms with Crippen molar-refractivity contribution in [1.29, 1.82) is 0 Å². The Morgan fingerprint density at radius 2 is 1.94 bits per heavy atom. The molecule has 3 atom stereocenters. The monoisotopic (exact) mass is 254 g/mol. The van der Waals surface area contributed by atoms with Crippen LogP contribution in [0, 0.1) is 0 Å². The minimum absolute atomic E-state index is 0.0835. The zero-order valence-electron chi connectivity index (χ0n) is 10.1. The summed E-state index contributed by atoms with van der Waals surface area (Å²) in [6.45, 7) is 3.75. The summed E-state index contributed by atoms with van der Waals surface area (Å²) in [4.78, 5) is 11.2. The average Bonchev–Trinajstić information content (AvgIpc) is 2.35. The van der Waals surface area contributed by atoms with Gasteiger partial charge >= 0.3 is 5.97 Å². The van der Waals surface area contributed by atoms with Crippen LogP contribution in [0.2, 0.25) is 0 Å². The molecular formula is C13H18O3S. The molecule has 0 radical (unpaired) electrons. The predicted octanol–water partition coefficient (Wildman–Crippen LogP) is 2.23. The Balaban J connectivity index is 2.81. The lowest BCUT2D eigenvalue weighted by molar-refractivity contribution is -0.136. The molecule has 0 heterocycles. The van der Waals surface area contributed by atoms with E-state index >= 15 is 0 Å². The molecule has 1 N–H and O–H groups in total. The SMILES string of the molecule is CCC(C)S(=O)C(Cc1ccccc1)C(=O)O. The predicted molar refractivity (Wildman–Crippen MR) is 69.5 cm³/mol. The van der Waals surface area contributed by atoms with Crippen LogP contribution in [0.15, 0.2) is 30.3 Å². The highest BCUT2D eigenvalue weighted by molar-refractivity contribution is 7.87. The first-order chi connectivity index (χ1) is 8.06. The fourth-order valence-corrected chi connectivity index (χ4v) is 2.99. The van der Waals surface area contributed by atoms with Crippen molar-refractivity contribution in [2.45, 2.75) is 37.2 Å². The summed E-state index contributed by atoms with van der Waals surface area (Å²) < 4.78 is 12.1. The molecule has 0 aliphatic carbocycles. The van der Waals surface area contributed by atoms with E-state index in [0.29, 0.717) is 6.42 Å². The van der Waals surface area contributed by atoms with E-state index in [-0.39, 0.29) is 5.25 Å². The smallest absolute Gasteiger partial charge is 0.319 e. The Kier molecular flexibility index (Phi) is 5.35. The lowest BCUT2D eigenvalue weighted by Gasteiger charge is -2.16. The first kappa shape index (κ1) is 13.9. The van der Waals surface area contributed by atoms with Crippen molar-refractivity contribution >= 4 is 16.8 Å². The van der Waals surface area contributed by atoms with Gasteiger partial charge in [-0.1, -0.05) is 44.2 Å². The largest absolute Gasteiger partial charge is 0.480 e. The van der Waals surface area contributed by atoms with Gasteiger partial charge in [-0.25, -0.2) is 0 Å². The number of aliphatic carboxylic acids is 1. The Hall–Kier alpha value is -1.16. The zero-order chi connectivity index (χ0) is 12.8. The topological polar surface area (TPSA) is 54.4 Å². The summed E-state index contributed by atoms with van der Waals surface area (Å²) in [6.07, 6.45) is 1.05. The molecule has 0 saturated carbocycles. The second kappa shape index (κ2) is 6.55. The molecule has 0 saturated heterocycles. The fourth-order valence-electron chi connectivity index (χ4n) is 1.54. The van der Waals surface area contributed by atoms with E-state index in [0.717, 1.165) is 12.0 Å². The van der Waals surface area contributed by atoms with Crippen molar-refractivity contribution in [1.82, 2.24) is 0 Å². The van der Waals surface area contributed by atoms with Crippen LogP contribution in [0.5, 0.6) is 0 Å². The molecule has 1 aromatic rings. The highest BCUT2D eigenvalue weighted by Gasteiger charge is 2.27. The zero-order valence-corrected chi connectivity index (χ0v) is 10.9. The van der Waals surface area contributed by atoms with Crippen LogP contribution in [0.1, 0.15) is 25.8 Å². The van der Waals surface area contributed by atoms with E-state index in [1.54, 1.807) is 0 Å². The second-order valence-electron chi connectivity index (χ2n) is 4.06. The van der Waals surface area contributed by atoms with Gasteiger partial charge in [-0.05, 0) is 18.4 Å². The number of carboxylic acid groups (broad SMARTS) is 1. The van der Waals surface area contributed by atoms with Crippen molar-refractivity contribution in [2.24, 2.45) is 0 Å². The first-order valence-corrected chi connectivity index (χ1v) is 7.00. The van der Waals surface area contributed by atoms with Crippen molar-refractivity contribution in [3.8, 4) is 0 Å². The maximum Gasteiger partial charge on any atom is 0.319 e. The van der Waals surface area contributed by atoms with Crippen molar-refractivity contribution in [2.75, 3.05) is 0 Å². The van der Waals surface area contributed by atoms with E-state index < -0.39 is 22.0 Å². The summed E-state index contributed by atoms with van der Waals surface area (Å²) in [5.41, 5.74) is 0.913. The molecule has 1 aromatic carbocycles. The van der Waals surface area contributed by atoms with Gasteiger partial charge in [-0.3, -0.25) is 9.00 Å². The Morgan fingerprint density at radius 3 is 2.41 bits per heavy atom. The quantitative estimate of drug-likeness (QED) is 0.847. The Bertz CT molecular complexity index is 389. The van der Waals surface area contributed by atoms with Crippen LogP contribution in [-0.4, -0.2) is 25.8 Å². The van der Waals surface area contributed by atoms with Crippen molar-refractivity contribution < 1.29 is 14.1 Å². The Labute approximate surface area is 104 Å². The lowest BCUT2D eigenvalue weighted by Crippen LogP contribution is -2.33. The highest BCUT2D eigenvalue weighted by atomic mass is 32.2. The number of hydrogen-bond acceptors (Lipinski definition) is 2. The first-order valence-electron chi connectivity index (χ1n) is 5.72. The van der Waals surface area contributed by atoms with E-state index in [1.165, 1.54) is 0 Å². The van der Waals surface area contributed by atoms with Gasteiger partial charge in [-0.2, -0.15) is 0 Å². The highest BCUT2D eigenvalue weighted by Crippen LogP contribution is 2.13. The molecule has 3 unspecified atom stereocenters. The fraction of sp³-hybridized carbons (Fsp3) is 0.462. The third-order valence-corrected chi connectivity index (χ3v) is 4.85. The summed E-state index contributed by atoms with van der Waals surface area (Å²) in [5.74, 6) is -0.979. The van der Waals surface area contributed by atoms with Gasteiger partial charge in [0.1, 0.15) is 5.25 Å². The second-order valence-corrected chi connectivity index (χ2v) is 6.09. The number of carboxylic acids is 1. The molecule has 1 rings (SSSR count). The van der Waals surface area contributed by atoms with Gasteiger partial charge in [-0.15, -0.1) is 0 Å². The van der Waals surface area contributed by atoms with Gasteiger partial charge in [0.25, 0.3) is 0 Å². The standard InChI is InChI=1S/C13H18O3S/c1-3-10(2)17(16)12(13(14)15)9-11-7-5-4-6-8-11/h4-8,10,12H,3,9H2,1-2H3,(H,14,15). The van der Waals surface area contributed by atoms with Gasteiger partial charge in [0.15, 0.2) is 0 Å². The maximum atomic E-state index is 12.1. The van der Waals surface area contributed by atoms with E-state index in [4.69, 9.17) is 5.11 Å². The molecule has 0 bridgehead atoms. The summed E-state index contributed by atoms with van der Waals surface area (Å²) in [5, 5.41) is 8.26. The summed E-state index contributed by atoms with van der Waals surface area (Å²) >= 11 is 0. The number of rotatable bonds is 6. The van der Waals surface area contributed by atoms with Crippen LogP contribution >= 0.6 is 0 Å². The van der Waals surface area contributed by atoms with Gasteiger partial charge in [0.2, 0.25) is 0 Å².